The molecule has 78 valence electrons. The molecule has 1 aromatic heterocycles. The maximum absolute atomic E-state index is 6.13. The molecule has 16 heavy (non-hydrogen) atoms. The van der Waals surface area contributed by atoms with Gasteiger partial charge in [-0.3, -0.25) is 0 Å². The summed E-state index contributed by atoms with van der Waals surface area (Å²) >= 11 is 6.13. The zero-order chi connectivity index (χ0) is 11.1. The van der Waals surface area contributed by atoms with Gasteiger partial charge in [0.05, 0.1) is 16.1 Å². The second kappa shape index (κ2) is 3.46. The molecule has 3 aromatic rings. The first kappa shape index (κ1) is 9.61. The summed E-state index contributed by atoms with van der Waals surface area (Å²) in [6.45, 7) is 2.08. The molecule has 0 aliphatic rings. The second-order valence-electron chi connectivity index (χ2n) is 4.00. The van der Waals surface area contributed by atoms with Gasteiger partial charge in [-0.2, -0.15) is 0 Å². The minimum Gasteiger partial charge on any atom is -0.246 e. The standard InChI is InChI=1S/C14H10ClN/c1-9-5-6-13-11(7-9)8-10-3-2-4-12(15)14(10)16-13/h2-8H,1H3. The minimum absolute atomic E-state index is 0.708. The van der Waals surface area contributed by atoms with Crippen molar-refractivity contribution in [2.24, 2.45) is 0 Å². The predicted octanol–water partition coefficient (Wildman–Crippen LogP) is 4.35. The van der Waals surface area contributed by atoms with E-state index in [0.29, 0.717) is 5.02 Å². The van der Waals surface area contributed by atoms with E-state index in [1.807, 2.05) is 24.3 Å². The van der Waals surface area contributed by atoms with Crippen molar-refractivity contribution in [2.45, 2.75) is 6.92 Å². The fourth-order valence-corrected chi connectivity index (χ4v) is 2.17. The average Bonchev–Trinajstić information content (AvgIpc) is 2.27. The van der Waals surface area contributed by atoms with Crippen LogP contribution in [-0.4, -0.2) is 4.98 Å². The average molecular weight is 228 g/mol. The van der Waals surface area contributed by atoms with Crippen LogP contribution in [0.1, 0.15) is 5.56 Å². The third-order valence-electron chi connectivity index (χ3n) is 2.74. The number of benzene rings is 2. The van der Waals surface area contributed by atoms with Gasteiger partial charge in [0, 0.05) is 10.8 Å². The first-order valence-corrected chi connectivity index (χ1v) is 5.57. The van der Waals surface area contributed by atoms with Crippen LogP contribution in [0.2, 0.25) is 5.02 Å². The van der Waals surface area contributed by atoms with Gasteiger partial charge in [-0.25, -0.2) is 4.98 Å². The Labute approximate surface area is 98.7 Å². The molecule has 0 radical (unpaired) electrons. The topological polar surface area (TPSA) is 12.9 Å². The van der Waals surface area contributed by atoms with Crippen molar-refractivity contribution in [1.82, 2.24) is 4.98 Å². The van der Waals surface area contributed by atoms with Crippen LogP contribution in [-0.2, 0) is 0 Å². The van der Waals surface area contributed by atoms with E-state index in [0.717, 1.165) is 21.8 Å². The Morgan fingerprint density at radius 2 is 1.88 bits per heavy atom. The molecule has 0 bridgehead atoms. The third kappa shape index (κ3) is 1.44. The molecule has 0 atom stereocenters. The van der Waals surface area contributed by atoms with Crippen LogP contribution in [0.15, 0.2) is 42.5 Å². The zero-order valence-electron chi connectivity index (χ0n) is 8.87. The van der Waals surface area contributed by atoms with Gasteiger partial charge in [0.2, 0.25) is 0 Å². The van der Waals surface area contributed by atoms with Crippen molar-refractivity contribution in [3.63, 3.8) is 0 Å². The van der Waals surface area contributed by atoms with Gasteiger partial charge in [0.1, 0.15) is 0 Å². The highest BCUT2D eigenvalue weighted by Crippen LogP contribution is 2.25. The van der Waals surface area contributed by atoms with E-state index < -0.39 is 0 Å². The number of aromatic nitrogens is 1. The van der Waals surface area contributed by atoms with Gasteiger partial charge >= 0.3 is 0 Å². The summed E-state index contributed by atoms with van der Waals surface area (Å²) in [5.74, 6) is 0. The van der Waals surface area contributed by atoms with Gasteiger partial charge in [-0.15, -0.1) is 0 Å². The Hall–Kier alpha value is -1.60. The Morgan fingerprint density at radius 1 is 1.00 bits per heavy atom. The number of pyridine rings is 1. The van der Waals surface area contributed by atoms with Crippen LogP contribution in [0.4, 0.5) is 0 Å². The van der Waals surface area contributed by atoms with E-state index in [2.05, 4.69) is 30.1 Å². The Kier molecular flexibility index (Phi) is 2.08. The maximum Gasteiger partial charge on any atom is 0.0895 e. The zero-order valence-corrected chi connectivity index (χ0v) is 9.62. The van der Waals surface area contributed by atoms with E-state index >= 15 is 0 Å². The summed E-state index contributed by atoms with van der Waals surface area (Å²) < 4.78 is 0. The SMILES string of the molecule is Cc1ccc2nc3c(Cl)cccc3cc2c1. The molecule has 3 rings (SSSR count). The number of hydrogen-bond acceptors (Lipinski definition) is 1. The minimum atomic E-state index is 0.708. The summed E-state index contributed by atoms with van der Waals surface area (Å²) in [4.78, 5) is 4.59. The Balaban J connectivity index is 2.49. The molecule has 0 saturated heterocycles. The number of rotatable bonds is 0. The number of para-hydroxylation sites is 1. The van der Waals surface area contributed by atoms with Crippen molar-refractivity contribution in [3.05, 3.63) is 53.1 Å². The van der Waals surface area contributed by atoms with Crippen LogP contribution >= 0.6 is 11.6 Å². The molecule has 0 aliphatic heterocycles. The van der Waals surface area contributed by atoms with Crippen LogP contribution in [0.3, 0.4) is 0 Å². The number of fused-ring (bicyclic) bond motifs is 2. The van der Waals surface area contributed by atoms with Crippen LogP contribution in [0, 0.1) is 6.92 Å². The molecule has 0 fully saturated rings. The first-order valence-electron chi connectivity index (χ1n) is 5.20. The monoisotopic (exact) mass is 227 g/mol. The molecule has 0 amide bonds. The highest BCUT2D eigenvalue weighted by atomic mass is 35.5. The number of aryl methyl sites for hydroxylation is 1. The predicted molar refractivity (Wildman–Crippen MR) is 69.0 cm³/mol. The van der Waals surface area contributed by atoms with Gasteiger partial charge in [-0.1, -0.05) is 35.4 Å². The fraction of sp³-hybridized carbons (Fsp3) is 0.0714. The number of halogens is 1. The Bertz CT molecular complexity index is 688. The highest BCUT2D eigenvalue weighted by molar-refractivity contribution is 6.35. The molecular formula is C14H10ClN. The lowest BCUT2D eigenvalue weighted by atomic mass is 10.1. The van der Waals surface area contributed by atoms with Gasteiger partial charge in [0.15, 0.2) is 0 Å². The van der Waals surface area contributed by atoms with Gasteiger partial charge in [-0.05, 0) is 31.2 Å². The van der Waals surface area contributed by atoms with Crippen molar-refractivity contribution in [1.29, 1.82) is 0 Å². The lowest BCUT2D eigenvalue weighted by Crippen LogP contribution is -1.84. The van der Waals surface area contributed by atoms with Crippen LogP contribution in [0.5, 0.6) is 0 Å². The van der Waals surface area contributed by atoms with Crippen molar-refractivity contribution < 1.29 is 0 Å². The second-order valence-corrected chi connectivity index (χ2v) is 4.40. The van der Waals surface area contributed by atoms with E-state index in [-0.39, 0.29) is 0 Å². The molecule has 0 N–H and O–H groups in total. The Morgan fingerprint density at radius 3 is 2.75 bits per heavy atom. The molecular weight excluding hydrogens is 218 g/mol. The quantitative estimate of drug-likeness (QED) is 0.521. The molecule has 0 unspecified atom stereocenters. The van der Waals surface area contributed by atoms with E-state index in [1.165, 1.54) is 5.56 Å². The lowest BCUT2D eigenvalue weighted by Gasteiger charge is -2.03. The molecule has 0 spiro atoms. The van der Waals surface area contributed by atoms with E-state index in [1.54, 1.807) is 0 Å². The first-order chi connectivity index (χ1) is 7.74. The van der Waals surface area contributed by atoms with E-state index in [9.17, 15) is 0 Å². The summed E-state index contributed by atoms with van der Waals surface area (Å²) in [6.07, 6.45) is 0. The van der Waals surface area contributed by atoms with Crippen molar-refractivity contribution in [3.8, 4) is 0 Å². The molecule has 2 heteroatoms. The molecule has 0 aliphatic carbocycles. The van der Waals surface area contributed by atoms with Gasteiger partial charge in [0.25, 0.3) is 0 Å². The largest absolute Gasteiger partial charge is 0.246 e. The summed E-state index contributed by atoms with van der Waals surface area (Å²) in [6, 6.07) is 14.2. The normalized spacial score (nSPS) is 11.1. The molecule has 2 aromatic carbocycles. The van der Waals surface area contributed by atoms with Gasteiger partial charge < -0.3 is 0 Å². The van der Waals surface area contributed by atoms with Crippen LogP contribution < -0.4 is 0 Å². The maximum atomic E-state index is 6.13. The summed E-state index contributed by atoms with van der Waals surface area (Å²) in [5, 5.41) is 2.96. The van der Waals surface area contributed by atoms with Crippen molar-refractivity contribution in [2.75, 3.05) is 0 Å². The fourth-order valence-electron chi connectivity index (χ4n) is 1.95. The number of nitrogens with zero attached hydrogens (tertiary/aromatic N) is 1. The number of hydrogen-bond donors (Lipinski definition) is 0. The van der Waals surface area contributed by atoms with Crippen molar-refractivity contribution >= 4 is 33.4 Å². The summed E-state index contributed by atoms with van der Waals surface area (Å²) in [7, 11) is 0. The highest BCUT2D eigenvalue weighted by Gasteiger charge is 2.02. The lowest BCUT2D eigenvalue weighted by molar-refractivity contribution is 1.45. The van der Waals surface area contributed by atoms with E-state index in [4.69, 9.17) is 11.6 Å². The molecule has 0 saturated carbocycles. The summed E-state index contributed by atoms with van der Waals surface area (Å²) in [5.41, 5.74) is 3.11. The smallest absolute Gasteiger partial charge is 0.0895 e. The third-order valence-corrected chi connectivity index (χ3v) is 3.05. The molecule has 1 nitrogen and oxygen atoms in total. The van der Waals surface area contributed by atoms with Crippen LogP contribution in [0.25, 0.3) is 21.8 Å². The molecule has 1 heterocycles.